The van der Waals surface area contributed by atoms with Gasteiger partial charge in [-0.2, -0.15) is 0 Å². The molecule has 2 N–H and O–H groups in total. The van der Waals surface area contributed by atoms with E-state index in [1.54, 1.807) is 0 Å². The summed E-state index contributed by atoms with van der Waals surface area (Å²) in [6.45, 7) is 3.56. The van der Waals surface area contributed by atoms with Crippen molar-refractivity contribution < 1.29 is 0 Å². The van der Waals surface area contributed by atoms with Gasteiger partial charge < -0.3 is 5.73 Å². The van der Waals surface area contributed by atoms with Crippen LogP contribution in [0.5, 0.6) is 0 Å². The zero-order valence-electron chi connectivity index (χ0n) is 11.3. The summed E-state index contributed by atoms with van der Waals surface area (Å²) < 4.78 is 0. The number of rotatable bonds is 4. The Morgan fingerprint density at radius 1 is 1.28 bits per heavy atom. The lowest BCUT2D eigenvalue weighted by Crippen LogP contribution is -2.46. The molecule has 4 unspecified atom stereocenters. The van der Waals surface area contributed by atoms with E-state index in [4.69, 9.17) is 5.73 Å². The van der Waals surface area contributed by atoms with Crippen molar-refractivity contribution in [1.29, 1.82) is 0 Å². The molecular formula is C16H24N2. The first-order chi connectivity index (χ1) is 8.79. The second kappa shape index (κ2) is 5.02. The Hall–Kier alpha value is -0.860. The standard InChI is InChI=1S/C16H24N2/c1-2-15(16(17)13-6-4-3-5-7-13)18-11-12-8-9-14(18)10-12/h3-7,12,14-16H,2,8-11,17H2,1H3. The van der Waals surface area contributed by atoms with Gasteiger partial charge in [0, 0.05) is 24.7 Å². The molecule has 0 aromatic heterocycles. The van der Waals surface area contributed by atoms with Gasteiger partial charge in [0.15, 0.2) is 0 Å². The lowest BCUT2D eigenvalue weighted by Gasteiger charge is -2.38. The molecule has 2 nitrogen and oxygen atoms in total. The highest BCUT2D eigenvalue weighted by Crippen LogP contribution is 2.40. The van der Waals surface area contributed by atoms with Crippen LogP contribution in [-0.2, 0) is 0 Å². The highest BCUT2D eigenvalue weighted by Gasteiger charge is 2.42. The van der Waals surface area contributed by atoms with Crippen molar-refractivity contribution in [3.05, 3.63) is 35.9 Å². The Labute approximate surface area is 110 Å². The first-order valence-electron chi connectivity index (χ1n) is 7.36. The van der Waals surface area contributed by atoms with Crippen molar-refractivity contribution in [3.8, 4) is 0 Å². The second-order valence-electron chi connectivity index (χ2n) is 5.94. The monoisotopic (exact) mass is 244 g/mol. The molecule has 1 heterocycles. The van der Waals surface area contributed by atoms with E-state index in [9.17, 15) is 0 Å². The molecule has 0 spiro atoms. The molecule has 2 fully saturated rings. The third-order valence-electron chi connectivity index (χ3n) is 4.89. The Morgan fingerprint density at radius 3 is 2.61 bits per heavy atom. The number of piperidine rings is 1. The molecule has 18 heavy (non-hydrogen) atoms. The van der Waals surface area contributed by atoms with Gasteiger partial charge in [-0.3, -0.25) is 4.90 Å². The molecule has 1 saturated carbocycles. The fourth-order valence-corrected chi connectivity index (χ4v) is 3.96. The van der Waals surface area contributed by atoms with Crippen LogP contribution in [0.2, 0.25) is 0 Å². The molecule has 1 aliphatic carbocycles. The fraction of sp³-hybridized carbons (Fsp3) is 0.625. The first kappa shape index (κ1) is 12.2. The van der Waals surface area contributed by atoms with Gasteiger partial charge in [0.2, 0.25) is 0 Å². The quantitative estimate of drug-likeness (QED) is 0.882. The molecule has 1 saturated heterocycles. The van der Waals surface area contributed by atoms with Gasteiger partial charge in [0.05, 0.1) is 0 Å². The number of benzene rings is 1. The van der Waals surface area contributed by atoms with Crippen molar-refractivity contribution in [3.63, 3.8) is 0 Å². The minimum Gasteiger partial charge on any atom is -0.323 e. The minimum absolute atomic E-state index is 0.163. The van der Waals surface area contributed by atoms with Gasteiger partial charge in [-0.1, -0.05) is 37.3 Å². The van der Waals surface area contributed by atoms with Crippen molar-refractivity contribution in [1.82, 2.24) is 4.90 Å². The highest BCUT2D eigenvalue weighted by molar-refractivity contribution is 5.20. The largest absolute Gasteiger partial charge is 0.323 e. The Balaban J connectivity index is 1.76. The molecule has 3 rings (SSSR count). The molecule has 1 aliphatic heterocycles. The van der Waals surface area contributed by atoms with E-state index in [1.165, 1.54) is 31.4 Å². The Kier molecular flexibility index (Phi) is 3.40. The molecule has 0 amide bonds. The Morgan fingerprint density at radius 2 is 2.06 bits per heavy atom. The number of hydrogen-bond acceptors (Lipinski definition) is 2. The van der Waals surface area contributed by atoms with Gasteiger partial charge in [-0.15, -0.1) is 0 Å². The number of likely N-dealkylation sites (tertiary alicyclic amines) is 1. The number of hydrogen-bond donors (Lipinski definition) is 1. The normalized spacial score (nSPS) is 30.6. The summed E-state index contributed by atoms with van der Waals surface area (Å²) in [6, 6.07) is 12.1. The van der Waals surface area contributed by atoms with Crippen LogP contribution in [0, 0.1) is 5.92 Å². The third-order valence-corrected chi connectivity index (χ3v) is 4.89. The predicted molar refractivity (Wildman–Crippen MR) is 75.3 cm³/mol. The van der Waals surface area contributed by atoms with Crippen molar-refractivity contribution >= 4 is 0 Å². The van der Waals surface area contributed by atoms with Crippen molar-refractivity contribution in [2.45, 2.75) is 50.7 Å². The fourth-order valence-electron chi connectivity index (χ4n) is 3.96. The second-order valence-corrected chi connectivity index (χ2v) is 5.94. The molecule has 2 aliphatic rings. The maximum Gasteiger partial charge on any atom is 0.0453 e. The zero-order valence-corrected chi connectivity index (χ0v) is 11.3. The maximum atomic E-state index is 6.52. The molecule has 98 valence electrons. The molecule has 2 heteroatoms. The van der Waals surface area contributed by atoms with E-state index in [2.05, 4.69) is 42.2 Å². The summed E-state index contributed by atoms with van der Waals surface area (Å²) in [6.07, 6.45) is 5.40. The maximum absolute atomic E-state index is 6.52. The molecule has 2 bridgehead atoms. The van der Waals surface area contributed by atoms with Crippen LogP contribution in [0.4, 0.5) is 0 Å². The number of nitrogens with two attached hydrogens (primary N) is 1. The van der Waals surface area contributed by atoms with Crippen LogP contribution in [0.1, 0.15) is 44.2 Å². The smallest absolute Gasteiger partial charge is 0.0453 e. The third kappa shape index (κ3) is 2.08. The van der Waals surface area contributed by atoms with Gasteiger partial charge in [-0.05, 0) is 37.2 Å². The summed E-state index contributed by atoms with van der Waals surface area (Å²) in [5, 5.41) is 0. The van der Waals surface area contributed by atoms with Gasteiger partial charge in [0.25, 0.3) is 0 Å². The van der Waals surface area contributed by atoms with E-state index in [0.717, 1.165) is 18.4 Å². The van der Waals surface area contributed by atoms with E-state index in [0.29, 0.717) is 6.04 Å². The predicted octanol–water partition coefficient (Wildman–Crippen LogP) is 2.95. The minimum atomic E-state index is 0.163. The average molecular weight is 244 g/mol. The van der Waals surface area contributed by atoms with Crippen LogP contribution >= 0.6 is 0 Å². The van der Waals surface area contributed by atoms with Crippen molar-refractivity contribution in [2.24, 2.45) is 11.7 Å². The van der Waals surface area contributed by atoms with Crippen LogP contribution in [0.25, 0.3) is 0 Å². The molecule has 0 radical (unpaired) electrons. The highest BCUT2D eigenvalue weighted by atomic mass is 15.2. The van der Waals surface area contributed by atoms with E-state index < -0.39 is 0 Å². The van der Waals surface area contributed by atoms with E-state index >= 15 is 0 Å². The number of nitrogens with zero attached hydrogens (tertiary/aromatic N) is 1. The summed E-state index contributed by atoms with van der Waals surface area (Å²) in [7, 11) is 0. The van der Waals surface area contributed by atoms with Crippen LogP contribution in [-0.4, -0.2) is 23.5 Å². The molecule has 1 aromatic rings. The van der Waals surface area contributed by atoms with Gasteiger partial charge in [-0.25, -0.2) is 0 Å². The summed E-state index contributed by atoms with van der Waals surface area (Å²) in [5.74, 6) is 0.951. The topological polar surface area (TPSA) is 29.3 Å². The first-order valence-corrected chi connectivity index (χ1v) is 7.36. The SMILES string of the molecule is CCC(C(N)c1ccccc1)N1CC2CCC1C2. The van der Waals surface area contributed by atoms with E-state index in [-0.39, 0.29) is 6.04 Å². The van der Waals surface area contributed by atoms with E-state index in [1.807, 2.05) is 0 Å². The molecular weight excluding hydrogens is 220 g/mol. The van der Waals surface area contributed by atoms with Crippen LogP contribution in [0.3, 0.4) is 0 Å². The summed E-state index contributed by atoms with van der Waals surface area (Å²) in [4.78, 5) is 2.70. The van der Waals surface area contributed by atoms with Gasteiger partial charge >= 0.3 is 0 Å². The van der Waals surface area contributed by atoms with Crippen LogP contribution < -0.4 is 5.73 Å². The lowest BCUT2D eigenvalue weighted by atomic mass is 9.95. The van der Waals surface area contributed by atoms with Crippen LogP contribution in [0.15, 0.2) is 30.3 Å². The number of fused-ring (bicyclic) bond motifs is 2. The average Bonchev–Trinajstić information content (AvgIpc) is 3.03. The molecule has 4 atom stereocenters. The lowest BCUT2D eigenvalue weighted by molar-refractivity contribution is 0.125. The van der Waals surface area contributed by atoms with Crippen molar-refractivity contribution in [2.75, 3.05) is 6.54 Å². The zero-order chi connectivity index (χ0) is 12.5. The van der Waals surface area contributed by atoms with Gasteiger partial charge in [0.1, 0.15) is 0 Å². The summed E-state index contributed by atoms with van der Waals surface area (Å²) in [5.41, 5.74) is 7.80. The summed E-state index contributed by atoms with van der Waals surface area (Å²) >= 11 is 0. The molecule has 1 aromatic carbocycles. The Bertz CT molecular complexity index is 389.